The molecule has 0 aliphatic rings. The molecule has 0 amide bonds. The van der Waals surface area contributed by atoms with Crippen LogP contribution in [-0.4, -0.2) is 30.2 Å². The number of nitrogens with two attached hydrogens (primary N) is 1. The van der Waals surface area contributed by atoms with Crippen molar-refractivity contribution in [3.05, 3.63) is 35.4 Å². The van der Waals surface area contributed by atoms with Crippen molar-refractivity contribution in [2.75, 3.05) is 7.11 Å². The molecule has 16 heavy (non-hydrogen) atoms. The van der Waals surface area contributed by atoms with E-state index in [0.29, 0.717) is 5.56 Å². The van der Waals surface area contributed by atoms with E-state index in [-0.39, 0.29) is 12.0 Å². The van der Waals surface area contributed by atoms with E-state index in [1.165, 1.54) is 13.2 Å². The summed E-state index contributed by atoms with van der Waals surface area (Å²) in [6.45, 7) is 0. The number of rotatable bonds is 4. The van der Waals surface area contributed by atoms with Gasteiger partial charge in [0.2, 0.25) is 0 Å². The van der Waals surface area contributed by atoms with E-state index in [1.54, 1.807) is 18.2 Å². The fourth-order valence-electron chi connectivity index (χ4n) is 1.38. The van der Waals surface area contributed by atoms with Gasteiger partial charge in [-0.3, -0.25) is 4.79 Å². The van der Waals surface area contributed by atoms with Crippen molar-refractivity contribution in [2.24, 2.45) is 5.73 Å². The number of carbonyl (C=O) groups is 2. The van der Waals surface area contributed by atoms with Crippen LogP contribution < -0.4 is 5.73 Å². The van der Waals surface area contributed by atoms with Gasteiger partial charge in [-0.1, -0.05) is 18.2 Å². The average molecular weight is 223 g/mol. The molecular formula is C11H13NO4. The predicted molar refractivity (Wildman–Crippen MR) is 57.1 cm³/mol. The maximum Gasteiger partial charge on any atom is 0.335 e. The van der Waals surface area contributed by atoms with Crippen LogP contribution in [0.4, 0.5) is 0 Å². The second-order valence-corrected chi connectivity index (χ2v) is 3.30. The molecule has 1 aromatic rings. The van der Waals surface area contributed by atoms with Crippen LogP contribution >= 0.6 is 0 Å². The van der Waals surface area contributed by atoms with Crippen LogP contribution in [0.15, 0.2) is 24.3 Å². The van der Waals surface area contributed by atoms with E-state index in [2.05, 4.69) is 4.74 Å². The first-order valence-electron chi connectivity index (χ1n) is 4.71. The lowest BCUT2D eigenvalue weighted by Gasteiger charge is -2.10. The smallest absolute Gasteiger partial charge is 0.335 e. The summed E-state index contributed by atoms with van der Waals surface area (Å²) < 4.78 is 4.47. The van der Waals surface area contributed by atoms with E-state index in [4.69, 9.17) is 10.8 Å². The lowest BCUT2D eigenvalue weighted by atomic mass is 10.0. The molecule has 0 bridgehead atoms. The molecule has 0 spiro atoms. The van der Waals surface area contributed by atoms with Crippen LogP contribution in [0.1, 0.15) is 15.9 Å². The van der Waals surface area contributed by atoms with Gasteiger partial charge >= 0.3 is 11.9 Å². The summed E-state index contributed by atoms with van der Waals surface area (Å²) in [5, 5.41) is 8.92. The van der Waals surface area contributed by atoms with Gasteiger partial charge in [0.25, 0.3) is 0 Å². The molecule has 0 saturated carbocycles. The van der Waals surface area contributed by atoms with Crippen LogP contribution in [0.3, 0.4) is 0 Å². The van der Waals surface area contributed by atoms with Gasteiger partial charge in [-0.25, -0.2) is 4.79 Å². The van der Waals surface area contributed by atoms with Crippen LogP contribution in [0.25, 0.3) is 0 Å². The number of carboxylic acid groups (broad SMARTS) is 1. The van der Waals surface area contributed by atoms with Crippen molar-refractivity contribution in [1.82, 2.24) is 0 Å². The number of carboxylic acids is 1. The van der Waals surface area contributed by atoms with E-state index in [1.807, 2.05) is 0 Å². The Balaban J connectivity index is 2.88. The van der Waals surface area contributed by atoms with Gasteiger partial charge in [-0.2, -0.15) is 0 Å². The van der Waals surface area contributed by atoms with Gasteiger partial charge in [-0.15, -0.1) is 0 Å². The van der Waals surface area contributed by atoms with Gasteiger partial charge in [0.1, 0.15) is 6.04 Å². The third-order valence-corrected chi connectivity index (χ3v) is 2.19. The highest BCUT2D eigenvalue weighted by atomic mass is 16.5. The molecule has 0 fully saturated rings. The molecule has 1 aromatic carbocycles. The largest absolute Gasteiger partial charge is 0.478 e. The zero-order valence-electron chi connectivity index (χ0n) is 8.84. The van der Waals surface area contributed by atoms with E-state index in [9.17, 15) is 9.59 Å². The minimum absolute atomic E-state index is 0.148. The maximum absolute atomic E-state index is 11.1. The molecule has 5 nitrogen and oxygen atoms in total. The van der Waals surface area contributed by atoms with Crippen molar-refractivity contribution in [3.8, 4) is 0 Å². The highest BCUT2D eigenvalue weighted by Crippen LogP contribution is 2.11. The van der Waals surface area contributed by atoms with E-state index in [0.717, 1.165) is 0 Å². The number of hydrogen-bond acceptors (Lipinski definition) is 4. The highest BCUT2D eigenvalue weighted by Gasteiger charge is 2.17. The van der Waals surface area contributed by atoms with Crippen molar-refractivity contribution in [3.63, 3.8) is 0 Å². The van der Waals surface area contributed by atoms with Crippen molar-refractivity contribution in [1.29, 1.82) is 0 Å². The minimum Gasteiger partial charge on any atom is -0.478 e. The second-order valence-electron chi connectivity index (χ2n) is 3.30. The Bertz CT molecular complexity index is 403. The topological polar surface area (TPSA) is 89.6 Å². The first kappa shape index (κ1) is 12.2. The van der Waals surface area contributed by atoms with Crippen LogP contribution in [0, 0.1) is 0 Å². The molecule has 86 valence electrons. The van der Waals surface area contributed by atoms with Gasteiger partial charge in [0.05, 0.1) is 12.7 Å². The molecule has 1 atom stereocenters. The van der Waals surface area contributed by atoms with Gasteiger partial charge < -0.3 is 15.6 Å². The maximum atomic E-state index is 11.1. The zero-order chi connectivity index (χ0) is 12.1. The molecule has 5 heteroatoms. The second kappa shape index (κ2) is 5.27. The predicted octanol–water partition coefficient (Wildman–Crippen LogP) is 0.428. The van der Waals surface area contributed by atoms with E-state index < -0.39 is 18.0 Å². The molecule has 0 unspecified atom stereocenters. The highest BCUT2D eigenvalue weighted by molar-refractivity contribution is 5.89. The Morgan fingerprint density at radius 1 is 1.44 bits per heavy atom. The normalized spacial score (nSPS) is 11.9. The number of ether oxygens (including phenoxy) is 1. The molecular weight excluding hydrogens is 210 g/mol. The molecule has 0 heterocycles. The quantitative estimate of drug-likeness (QED) is 0.722. The third-order valence-electron chi connectivity index (χ3n) is 2.19. The Morgan fingerprint density at radius 2 is 2.06 bits per heavy atom. The summed E-state index contributed by atoms with van der Waals surface area (Å²) in [7, 11) is 1.24. The fourth-order valence-corrected chi connectivity index (χ4v) is 1.38. The monoisotopic (exact) mass is 223 g/mol. The Morgan fingerprint density at radius 3 is 2.62 bits per heavy atom. The number of hydrogen-bond donors (Lipinski definition) is 2. The number of esters is 1. The van der Waals surface area contributed by atoms with Crippen molar-refractivity contribution < 1.29 is 19.4 Å². The van der Waals surface area contributed by atoms with Crippen molar-refractivity contribution in [2.45, 2.75) is 12.5 Å². The number of carbonyl (C=O) groups excluding carboxylic acids is 1. The SMILES string of the molecule is COC(=O)[C@@H](N)Cc1ccccc1C(=O)O. The molecule has 0 saturated heterocycles. The van der Waals surface area contributed by atoms with E-state index >= 15 is 0 Å². The number of methoxy groups -OCH3 is 1. The Kier molecular flexibility index (Phi) is 4.02. The first-order chi connectivity index (χ1) is 7.56. The van der Waals surface area contributed by atoms with Crippen LogP contribution in [0.5, 0.6) is 0 Å². The summed E-state index contributed by atoms with van der Waals surface area (Å²) >= 11 is 0. The fraction of sp³-hybridized carbons (Fsp3) is 0.273. The molecule has 0 radical (unpaired) electrons. The molecule has 0 aliphatic heterocycles. The molecule has 0 aromatic heterocycles. The third kappa shape index (κ3) is 2.80. The summed E-state index contributed by atoms with van der Waals surface area (Å²) in [5.74, 6) is -1.59. The number of aromatic carboxylic acids is 1. The van der Waals surface area contributed by atoms with Gasteiger partial charge in [0.15, 0.2) is 0 Å². The summed E-state index contributed by atoms with van der Waals surface area (Å²) in [6.07, 6.45) is 0.148. The van der Waals surface area contributed by atoms with Gasteiger partial charge in [0, 0.05) is 0 Å². The molecule has 0 aliphatic carbocycles. The Hall–Kier alpha value is -1.88. The van der Waals surface area contributed by atoms with Crippen molar-refractivity contribution >= 4 is 11.9 Å². The molecule has 3 N–H and O–H groups in total. The zero-order valence-corrected chi connectivity index (χ0v) is 8.84. The molecule has 1 rings (SSSR count). The Labute approximate surface area is 92.8 Å². The summed E-state index contributed by atoms with van der Waals surface area (Å²) in [4.78, 5) is 22.0. The summed E-state index contributed by atoms with van der Waals surface area (Å²) in [6, 6.07) is 5.58. The number of benzene rings is 1. The first-order valence-corrected chi connectivity index (χ1v) is 4.71. The minimum atomic E-state index is -1.03. The average Bonchev–Trinajstić information content (AvgIpc) is 2.28. The summed E-state index contributed by atoms with van der Waals surface area (Å²) in [5.41, 5.74) is 6.24. The lowest BCUT2D eigenvalue weighted by molar-refractivity contribution is -0.142. The van der Waals surface area contributed by atoms with Crippen LogP contribution in [-0.2, 0) is 16.0 Å². The standard InChI is InChI=1S/C11H13NO4/c1-16-11(15)9(12)6-7-4-2-3-5-8(7)10(13)14/h2-5,9H,6,12H2,1H3,(H,13,14)/t9-/m0/s1. The van der Waals surface area contributed by atoms with Gasteiger partial charge in [-0.05, 0) is 18.1 Å². The lowest BCUT2D eigenvalue weighted by Crippen LogP contribution is -2.34. The van der Waals surface area contributed by atoms with Crippen LogP contribution in [0.2, 0.25) is 0 Å².